The molecule has 2 heterocycles. The van der Waals surface area contributed by atoms with Gasteiger partial charge in [-0.1, -0.05) is 0 Å². The Morgan fingerprint density at radius 2 is 1.93 bits per heavy atom. The van der Waals surface area contributed by atoms with E-state index in [-0.39, 0.29) is 0 Å². The van der Waals surface area contributed by atoms with Gasteiger partial charge in [0, 0.05) is 30.9 Å². The molecule has 1 N–H and O–H groups in total. The van der Waals surface area contributed by atoms with E-state index in [1.54, 1.807) is 0 Å². The lowest BCUT2D eigenvalue weighted by Crippen LogP contribution is -2.54. The highest BCUT2D eigenvalue weighted by Gasteiger charge is 2.20. The molecule has 2 rings (SSSR count). The molecule has 0 aromatic carbocycles. The van der Waals surface area contributed by atoms with E-state index in [1.165, 1.54) is 5.69 Å². The minimum absolute atomic E-state index is 0.551. The van der Waals surface area contributed by atoms with E-state index in [4.69, 9.17) is 0 Å². The molecule has 15 heavy (non-hydrogen) atoms. The lowest BCUT2D eigenvalue weighted by Gasteiger charge is -2.37. The molecule has 1 saturated heterocycles. The highest BCUT2D eigenvalue weighted by Crippen LogP contribution is 2.16. The second-order valence-electron chi connectivity index (χ2n) is 4.53. The van der Waals surface area contributed by atoms with Gasteiger partial charge in [-0.05, 0) is 32.9 Å². The molecule has 2 atom stereocenters. The fourth-order valence-corrected chi connectivity index (χ4v) is 2.18. The fraction of sp³-hybridized carbons (Fsp3) is 0.583. The van der Waals surface area contributed by atoms with Gasteiger partial charge in [-0.15, -0.1) is 0 Å². The Morgan fingerprint density at radius 1 is 1.27 bits per heavy atom. The normalized spacial score (nSPS) is 26.7. The van der Waals surface area contributed by atoms with Crippen LogP contribution >= 0.6 is 0 Å². The quantitative estimate of drug-likeness (QED) is 0.754. The van der Waals surface area contributed by atoms with Crippen LogP contribution in [0, 0.1) is 6.92 Å². The maximum Gasteiger partial charge on any atom is 0.0554 e. The van der Waals surface area contributed by atoms with Gasteiger partial charge in [0.25, 0.3) is 0 Å². The average molecular weight is 205 g/mol. The summed E-state index contributed by atoms with van der Waals surface area (Å²) in [7, 11) is 0. The van der Waals surface area contributed by atoms with Crippen molar-refractivity contribution in [3.8, 4) is 0 Å². The zero-order valence-corrected chi connectivity index (χ0v) is 9.70. The molecule has 3 nitrogen and oxygen atoms in total. The standard InChI is InChI=1S/C12H19N3/c1-9-4-5-12(6-13-9)15-7-10(2)14-11(3)8-15/h4-6,10-11,14H,7-8H2,1-3H3/t10-,11+. The van der Waals surface area contributed by atoms with Crippen molar-refractivity contribution >= 4 is 5.69 Å². The SMILES string of the molecule is Cc1ccc(N2C[C@@H](C)N[C@@H](C)C2)cn1. The average Bonchev–Trinajstić information content (AvgIpc) is 2.17. The van der Waals surface area contributed by atoms with Crippen LogP contribution in [-0.2, 0) is 0 Å². The lowest BCUT2D eigenvalue weighted by molar-refractivity contribution is 0.407. The molecule has 0 radical (unpaired) electrons. The summed E-state index contributed by atoms with van der Waals surface area (Å²) in [5.74, 6) is 0. The van der Waals surface area contributed by atoms with E-state index < -0.39 is 0 Å². The Morgan fingerprint density at radius 3 is 2.47 bits per heavy atom. The smallest absolute Gasteiger partial charge is 0.0554 e. The van der Waals surface area contributed by atoms with E-state index >= 15 is 0 Å². The maximum absolute atomic E-state index is 4.34. The molecule has 3 heteroatoms. The van der Waals surface area contributed by atoms with Crippen LogP contribution in [0.1, 0.15) is 19.5 Å². The first kappa shape index (κ1) is 10.4. The number of aryl methyl sites for hydroxylation is 1. The molecule has 0 bridgehead atoms. The van der Waals surface area contributed by atoms with Crippen molar-refractivity contribution in [3.63, 3.8) is 0 Å². The molecule has 1 fully saturated rings. The van der Waals surface area contributed by atoms with E-state index in [0.29, 0.717) is 12.1 Å². The van der Waals surface area contributed by atoms with Crippen molar-refractivity contribution in [2.75, 3.05) is 18.0 Å². The molecule has 0 spiro atoms. The molecule has 1 aromatic heterocycles. The van der Waals surface area contributed by atoms with Gasteiger partial charge in [0.2, 0.25) is 0 Å². The van der Waals surface area contributed by atoms with Gasteiger partial charge in [0.15, 0.2) is 0 Å². The number of nitrogens with one attached hydrogen (secondary N) is 1. The van der Waals surface area contributed by atoms with Gasteiger partial charge < -0.3 is 10.2 Å². The highest BCUT2D eigenvalue weighted by atomic mass is 15.2. The Labute approximate surface area is 91.5 Å². The summed E-state index contributed by atoms with van der Waals surface area (Å²) in [6, 6.07) is 5.34. The predicted molar refractivity (Wildman–Crippen MR) is 63.2 cm³/mol. The van der Waals surface area contributed by atoms with Gasteiger partial charge in [0.1, 0.15) is 0 Å². The van der Waals surface area contributed by atoms with Crippen molar-refractivity contribution in [2.24, 2.45) is 0 Å². The predicted octanol–water partition coefficient (Wildman–Crippen LogP) is 1.58. The largest absolute Gasteiger partial charge is 0.367 e. The molecule has 0 aliphatic carbocycles. The van der Waals surface area contributed by atoms with Gasteiger partial charge in [0.05, 0.1) is 11.9 Å². The van der Waals surface area contributed by atoms with E-state index in [0.717, 1.165) is 18.8 Å². The summed E-state index contributed by atoms with van der Waals surface area (Å²) >= 11 is 0. The zero-order valence-electron chi connectivity index (χ0n) is 9.70. The van der Waals surface area contributed by atoms with Crippen molar-refractivity contribution in [2.45, 2.75) is 32.9 Å². The lowest BCUT2D eigenvalue weighted by atomic mass is 10.1. The third kappa shape index (κ3) is 2.48. The molecule has 82 valence electrons. The van der Waals surface area contributed by atoms with Crippen LogP contribution in [0.25, 0.3) is 0 Å². The first-order valence-corrected chi connectivity index (χ1v) is 5.59. The molecule has 0 saturated carbocycles. The summed E-state index contributed by atoms with van der Waals surface area (Å²) in [5.41, 5.74) is 2.32. The summed E-state index contributed by atoms with van der Waals surface area (Å²) < 4.78 is 0. The van der Waals surface area contributed by atoms with Crippen LogP contribution in [0.3, 0.4) is 0 Å². The number of hydrogen-bond donors (Lipinski definition) is 1. The molecule has 0 amide bonds. The van der Waals surface area contributed by atoms with Crippen molar-refractivity contribution < 1.29 is 0 Å². The third-order valence-electron chi connectivity index (χ3n) is 2.82. The van der Waals surface area contributed by atoms with Crippen LogP contribution in [0.15, 0.2) is 18.3 Å². The van der Waals surface area contributed by atoms with Crippen LogP contribution in [0.5, 0.6) is 0 Å². The molecule has 1 aliphatic rings. The van der Waals surface area contributed by atoms with Gasteiger partial charge in [-0.3, -0.25) is 4.98 Å². The van der Waals surface area contributed by atoms with Gasteiger partial charge >= 0.3 is 0 Å². The van der Waals surface area contributed by atoms with Crippen LogP contribution in [-0.4, -0.2) is 30.2 Å². The number of hydrogen-bond acceptors (Lipinski definition) is 3. The van der Waals surface area contributed by atoms with E-state index in [1.807, 2.05) is 13.1 Å². The second-order valence-corrected chi connectivity index (χ2v) is 4.53. The molecule has 1 aromatic rings. The molecule has 1 aliphatic heterocycles. The van der Waals surface area contributed by atoms with Crippen molar-refractivity contribution in [3.05, 3.63) is 24.0 Å². The Hall–Kier alpha value is -1.09. The minimum Gasteiger partial charge on any atom is -0.367 e. The summed E-state index contributed by atoms with van der Waals surface area (Å²) in [4.78, 5) is 6.74. The maximum atomic E-state index is 4.34. The number of anilines is 1. The molecular weight excluding hydrogens is 186 g/mol. The Balaban J connectivity index is 2.12. The van der Waals surface area contributed by atoms with Gasteiger partial charge in [-0.25, -0.2) is 0 Å². The van der Waals surface area contributed by atoms with Crippen molar-refractivity contribution in [1.82, 2.24) is 10.3 Å². The fourth-order valence-electron chi connectivity index (χ4n) is 2.18. The van der Waals surface area contributed by atoms with Crippen LogP contribution in [0.2, 0.25) is 0 Å². The highest BCUT2D eigenvalue weighted by molar-refractivity contribution is 5.45. The second kappa shape index (κ2) is 4.19. The van der Waals surface area contributed by atoms with Gasteiger partial charge in [-0.2, -0.15) is 0 Å². The third-order valence-corrected chi connectivity index (χ3v) is 2.82. The Kier molecular flexibility index (Phi) is 2.91. The number of nitrogens with zero attached hydrogens (tertiary/aromatic N) is 2. The minimum atomic E-state index is 0.551. The Bertz CT molecular complexity index is 310. The first-order chi connectivity index (χ1) is 7.15. The number of rotatable bonds is 1. The number of pyridine rings is 1. The summed E-state index contributed by atoms with van der Waals surface area (Å²) in [6.45, 7) is 8.60. The van der Waals surface area contributed by atoms with Crippen molar-refractivity contribution in [1.29, 1.82) is 0 Å². The number of piperazine rings is 1. The summed E-state index contributed by atoms with van der Waals surface area (Å²) in [5, 5.41) is 3.53. The molecule has 0 unspecified atom stereocenters. The first-order valence-electron chi connectivity index (χ1n) is 5.59. The monoisotopic (exact) mass is 205 g/mol. The molecular formula is C12H19N3. The van der Waals surface area contributed by atoms with Crippen LogP contribution in [0.4, 0.5) is 5.69 Å². The zero-order chi connectivity index (χ0) is 10.8. The van der Waals surface area contributed by atoms with Crippen LogP contribution < -0.4 is 10.2 Å². The topological polar surface area (TPSA) is 28.2 Å². The number of aromatic nitrogens is 1. The summed E-state index contributed by atoms with van der Waals surface area (Å²) in [6.07, 6.45) is 1.97. The van der Waals surface area contributed by atoms with E-state index in [9.17, 15) is 0 Å². The van der Waals surface area contributed by atoms with E-state index in [2.05, 4.69) is 41.2 Å².